The van der Waals surface area contributed by atoms with Gasteiger partial charge in [-0.05, 0) is 56.0 Å². The maximum absolute atomic E-state index is 13.5. The summed E-state index contributed by atoms with van der Waals surface area (Å²) in [6, 6.07) is 12.7. The molecule has 0 radical (unpaired) electrons. The molecule has 0 saturated carbocycles. The van der Waals surface area contributed by atoms with Crippen molar-refractivity contribution in [3.63, 3.8) is 0 Å². The first-order valence-corrected chi connectivity index (χ1v) is 13.8. The SMILES string of the molecule is COc1ccc(C(=O)N2CCC[C@H](c3nc4ccccc4[nH]3)C2)cc1S(=O)(=O)N1CCCCCC1. The van der Waals surface area contributed by atoms with Crippen molar-refractivity contribution in [2.45, 2.75) is 49.3 Å². The van der Waals surface area contributed by atoms with Crippen LogP contribution in [-0.4, -0.2) is 66.8 Å². The minimum atomic E-state index is -3.76. The summed E-state index contributed by atoms with van der Waals surface area (Å²) in [5.74, 6) is 1.10. The van der Waals surface area contributed by atoms with Gasteiger partial charge in [0.05, 0.1) is 18.1 Å². The minimum Gasteiger partial charge on any atom is -0.495 e. The lowest BCUT2D eigenvalue weighted by molar-refractivity contribution is 0.0704. The monoisotopic (exact) mass is 496 g/mol. The molecule has 9 heteroatoms. The lowest BCUT2D eigenvalue weighted by atomic mass is 9.96. The Balaban J connectivity index is 1.39. The van der Waals surface area contributed by atoms with Crippen LogP contribution < -0.4 is 4.74 Å². The summed E-state index contributed by atoms with van der Waals surface area (Å²) in [5.41, 5.74) is 2.28. The fraction of sp³-hybridized carbons (Fsp3) is 0.462. The molecular formula is C26H32N4O4S. The van der Waals surface area contributed by atoms with Crippen molar-refractivity contribution in [1.29, 1.82) is 0 Å². The van der Waals surface area contributed by atoms with Crippen LogP contribution in [0.1, 0.15) is 60.6 Å². The second-order valence-electron chi connectivity index (χ2n) is 9.41. The fourth-order valence-electron chi connectivity index (χ4n) is 5.17. The van der Waals surface area contributed by atoms with Gasteiger partial charge in [-0.2, -0.15) is 4.31 Å². The Morgan fingerprint density at radius 1 is 1.03 bits per heavy atom. The topological polar surface area (TPSA) is 95.6 Å². The van der Waals surface area contributed by atoms with E-state index in [1.54, 1.807) is 12.1 Å². The molecule has 5 rings (SSSR count). The van der Waals surface area contributed by atoms with E-state index in [4.69, 9.17) is 9.72 Å². The van der Waals surface area contributed by atoms with Gasteiger partial charge in [0.15, 0.2) is 0 Å². The Hall–Kier alpha value is -2.91. The Labute approximate surface area is 206 Å². The van der Waals surface area contributed by atoms with Gasteiger partial charge in [0.25, 0.3) is 5.91 Å². The number of rotatable bonds is 5. The van der Waals surface area contributed by atoms with Crippen LogP contribution in [-0.2, 0) is 10.0 Å². The molecule has 3 aromatic rings. The molecule has 1 amide bonds. The molecule has 186 valence electrons. The number of likely N-dealkylation sites (tertiary alicyclic amines) is 1. The van der Waals surface area contributed by atoms with Crippen molar-refractivity contribution in [3.05, 3.63) is 53.9 Å². The van der Waals surface area contributed by atoms with Crippen molar-refractivity contribution in [2.75, 3.05) is 33.3 Å². The maximum atomic E-state index is 13.5. The third-order valence-corrected chi connectivity index (χ3v) is 9.02. The van der Waals surface area contributed by atoms with Crippen molar-refractivity contribution < 1.29 is 17.9 Å². The summed E-state index contributed by atoms with van der Waals surface area (Å²) >= 11 is 0. The number of methoxy groups -OCH3 is 1. The van der Waals surface area contributed by atoms with Crippen LogP contribution in [0.3, 0.4) is 0 Å². The number of sulfonamides is 1. The van der Waals surface area contributed by atoms with Crippen molar-refractivity contribution in [1.82, 2.24) is 19.2 Å². The van der Waals surface area contributed by atoms with Crippen LogP contribution in [0, 0.1) is 0 Å². The second-order valence-corrected chi connectivity index (χ2v) is 11.3. The highest BCUT2D eigenvalue weighted by Gasteiger charge is 2.31. The van der Waals surface area contributed by atoms with Gasteiger partial charge in [-0.25, -0.2) is 13.4 Å². The van der Waals surface area contributed by atoms with Crippen LogP contribution in [0.2, 0.25) is 0 Å². The van der Waals surface area contributed by atoms with Crippen LogP contribution in [0.4, 0.5) is 0 Å². The second kappa shape index (κ2) is 9.99. The van der Waals surface area contributed by atoms with E-state index in [-0.39, 0.29) is 22.5 Å². The van der Waals surface area contributed by atoms with E-state index in [0.29, 0.717) is 31.7 Å². The summed E-state index contributed by atoms with van der Waals surface area (Å²) < 4.78 is 33.9. The Bertz CT molecular complexity index is 1280. The molecule has 35 heavy (non-hydrogen) atoms. The van der Waals surface area contributed by atoms with Gasteiger partial charge >= 0.3 is 0 Å². The van der Waals surface area contributed by atoms with Gasteiger partial charge in [-0.3, -0.25) is 4.79 Å². The van der Waals surface area contributed by atoms with Crippen molar-refractivity contribution in [2.24, 2.45) is 0 Å². The number of ether oxygens (including phenoxy) is 1. The summed E-state index contributed by atoms with van der Waals surface area (Å²) in [5, 5.41) is 0. The molecule has 0 bridgehead atoms. The predicted molar refractivity (Wildman–Crippen MR) is 134 cm³/mol. The number of aromatic nitrogens is 2. The molecular weight excluding hydrogens is 464 g/mol. The first-order valence-electron chi connectivity index (χ1n) is 12.4. The first-order chi connectivity index (χ1) is 17.0. The molecule has 2 aliphatic rings. The maximum Gasteiger partial charge on any atom is 0.253 e. The normalized spacial score (nSPS) is 20.0. The van der Waals surface area contributed by atoms with E-state index in [1.807, 2.05) is 29.2 Å². The highest BCUT2D eigenvalue weighted by molar-refractivity contribution is 7.89. The molecule has 1 atom stereocenters. The number of aromatic amines is 1. The quantitative estimate of drug-likeness (QED) is 0.572. The van der Waals surface area contributed by atoms with E-state index >= 15 is 0 Å². The number of piperidine rings is 1. The number of benzene rings is 2. The number of nitrogens with one attached hydrogen (secondary N) is 1. The average molecular weight is 497 g/mol. The number of carbonyl (C=O) groups excluding carboxylic acids is 1. The molecule has 0 spiro atoms. The van der Waals surface area contributed by atoms with E-state index in [2.05, 4.69) is 4.98 Å². The summed E-state index contributed by atoms with van der Waals surface area (Å²) in [4.78, 5) is 23.5. The lowest BCUT2D eigenvalue weighted by Gasteiger charge is -2.32. The van der Waals surface area contributed by atoms with E-state index in [0.717, 1.165) is 55.4 Å². The van der Waals surface area contributed by atoms with Gasteiger partial charge in [0, 0.05) is 37.7 Å². The summed E-state index contributed by atoms with van der Waals surface area (Å²) in [6.07, 6.45) is 5.56. The third-order valence-electron chi connectivity index (χ3n) is 7.10. The zero-order valence-electron chi connectivity index (χ0n) is 20.1. The van der Waals surface area contributed by atoms with Gasteiger partial charge < -0.3 is 14.6 Å². The zero-order valence-corrected chi connectivity index (χ0v) is 20.9. The van der Waals surface area contributed by atoms with Gasteiger partial charge in [-0.15, -0.1) is 0 Å². The molecule has 2 fully saturated rings. The Morgan fingerprint density at radius 3 is 2.54 bits per heavy atom. The first kappa shape index (κ1) is 23.8. The fourth-order valence-corrected chi connectivity index (χ4v) is 6.86. The molecule has 1 aromatic heterocycles. The molecule has 2 aromatic carbocycles. The van der Waals surface area contributed by atoms with E-state index < -0.39 is 10.0 Å². The molecule has 2 saturated heterocycles. The number of fused-ring (bicyclic) bond motifs is 1. The molecule has 3 heterocycles. The van der Waals surface area contributed by atoms with E-state index in [9.17, 15) is 13.2 Å². The molecule has 8 nitrogen and oxygen atoms in total. The number of para-hydroxylation sites is 2. The van der Waals surface area contributed by atoms with Crippen LogP contribution >= 0.6 is 0 Å². The minimum absolute atomic E-state index is 0.0681. The van der Waals surface area contributed by atoms with E-state index in [1.165, 1.54) is 17.5 Å². The number of carbonyl (C=O) groups is 1. The summed E-state index contributed by atoms with van der Waals surface area (Å²) in [7, 11) is -2.30. The van der Waals surface area contributed by atoms with Crippen LogP contribution in [0.15, 0.2) is 47.4 Å². The molecule has 0 aliphatic carbocycles. The predicted octanol–water partition coefficient (Wildman–Crippen LogP) is 4.16. The zero-order chi connectivity index (χ0) is 24.4. The Morgan fingerprint density at radius 2 is 1.80 bits per heavy atom. The number of amides is 1. The van der Waals surface area contributed by atoms with Crippen molar-refractivity contribution >= 4 is 27.0 Å². The Kier molecular flexibility index (Phi) is 6.80. The number of H-pyrrole nitrogens is 1. The highest BCUT2D eigenvalue weighted by atomic mass is 32.2. The molecule has 2 aliphatic heterocycles. The van der Waals surface area contributed by atoms with Crippen molar-refractivity contribution in [3.8, 4) is 5.75 Å². The number of hydrogen-bond acceptors (Lipinski definition) is 5. The van der Waals surface area contributed by atoms with Gasteiger partial charge in [-0.1, -0.05) is 25.0 Å². The largest absolute Gasteiger partial charge is 0.495 e. The average Bonchev–Trinajstić information content (AvgIpc) is 3.13. The molecule has 1 N–H and O–H groups in total. The smallest absolute Gasteiger partial charge is 0.253 e. The van der Waals surface area contributed by atoms with Crippen LogP contribution in [0.25, 0.3) is 11.0 Å². The van der Waals surface area contributed by atoms with Gasteiger partial charge in [0.1, 0.15) is 16.5 Å². The number of imidazole rings is 1. The summed E-state index contributed by atoms with van der Waals surface area (Å²) in [6.45, 7) is 2.17. The lowest BCUT2D eigenvalue weighted by Crippen LogP contribution is -2.39. The number of hydrogen-bond donors (Lipinski definition) is 1. The number of nitrogens with zero attached hydrogens (tertiary/aromatic N) is 3. The highest BCUT2D eigenvalue weighted by Crippen LogP contribution is 2.32. The van der Waals surface area contributed by atoms with Crippen LogP contribution in [0.5, 0.6) is 5.75 Å². The third kappa shape index (κ3) is 4.79. The standard InChI is InChI=1S/C26H32N4O4S/c1-34-23-13-12-19(17-24(23)35(32,33)30-15-6-2-3-7-16-30)26(31)29-14-8-9-20(18-29)25-27-21-10-4-5-11-22(21)28-25/h4-5,10-13,17,20H,2-3,6-9,14-16,18H2,1H3,(H,27,28)/t20-/m0/s1. The molecule has 0 unspecified atom stereocenters. The van der Waals surface area contributed by atoms with Gasteiger partial charge in [0.2, 0.25) is 10.0 Å².